The maximum Gasteiger partial charge on any atom is 0.238 e. The summed E-state index contributed by atoms with van der Waals surface area (Å²) in [6, 6.07) is 28.4. The van der Waals surface area contributed by atoms with Crippen molar-refractivity contribution in [3.63, 3.8) is 0 Å². The molecule has 3 aliphatic heterocycles. The van der Waals surface area contributed by atoms with Gasteiger partial charge < -0.3 is 10.2 Å². The second-order valence-corrected chi connectivity index (χ2v) is 11.6. The monoisotopic (exact) mass is 588 g/mol. The van der Waals surface area contributed by atoms with E-state index in [1.54, 1.807) is 24.3 Å². The first-order chi connectivity index (χ1) is 19.4. The van der Waals surface area contributed by atoms with Gasteiger partial charge in [-0.1, -0.05) is 101 Å². The van der Waals surface area contributed by atoms with E-state index < -0.39 is 23.4 Å². The number of halogens is 1. The molecule has 4 aromatic rings. The SMILES string of the molecule is Cc1ccc2c(c1)N1[C@H](C(=O)c3ccccc3)[C@H](C(=O)c3ccc(Br)cc3)[C@]3(C(=O)Nc4ccccc43)[C@@H]1C=C2. The molecule has 4 aromatic carbocycles. The second-order valence-electron chi connectivity index (χ2n) is 10.7. The number of carbonyl (C=O) groups excluding carboxylic acids is 3. The highest BCUT2D eigenvalue weighted by Crippen LogP contribution is 2.58. The topological polar surface area (TPSA) is 66.5 Å². The first-order valence-corrected chi connectivity index (χ1v) is 14.1. The van der Waals surface area contributed by atoms with Crippen LogP contribution in [0, 0.1) is 12.8 Å². The molecule has 0 aliphatic carbocycles. The van der Waals surface area contributed by atoms with Crippen LogP contribution in [0.1, 0.15) is 37.4 Å². The van der Waals surface area contributed by atoms with Crippen LogP contribution in [0.3, 0.4) is 0 Å². The standard InChI is InChI=1S/C34H25BrN2O3/c1-20-11-12-21-15-18-28-34(25-9-5-6-10-26(25)36-33(34)40)29(31(38)23-13-16-24(35)17-14-23)30(37(28)27(21)19-20)32(39)22-7-3-2-4-8-22/h2-19,28-30H,1H3,(H,36,40)/t28-,29+,30-,34+/m0/s1. The van der Waals surface area contributed by atoms with Crippen LogP contribution in [0.2, 0.25) is 0 Å². The number of hydrogen-bond donors (Lipinski definition) is 1. The molecular weight excluding hydrogens is 564 g/mol. The lowest BCUT2D eigenvalue weighted by Crippen LogP contribution is -2.51. The summed E-state index contributed by atoms with van der Waals surface area (Å²) in [6.45, 7) is 2.01. The molecule has 0 aromatic heterocycles. The van der Waals surface area contributed by atoms with Crippen molar-refractivity contribution in [2.24, 2.45) is 5.92 Å². The van der Waals surface area contributed by atoms with E-state index in [9.17, 15) is 14.4 Å². The van der Waals surface area contributed by atoms with Crippen LogP contribution in [0.25, 0.3) is 6.08 Å². The summed E-state index contributed by atoms with van der Waals surface area (Å²) in [5, 5.41) is 3.07. The molecule has 7 rings (SSSR count). The number of carbonyl (C=O) groups is 3. The van der Waals surface area contributed by atoms with E-state index in [0.29, 0.717) is 16.8 Å². The van der Waals surface area contributed by atoms with Gasteiger partial charge >= 0.3 is 0 Å². The van der Waals surface area contributed by atoms with Crippen molar-refractivity contribution in [3.05, 3.63) is 135 Å². The van der Waals surface area contributed by atoms with Gasteiger partial charge in [-0.3, -0.25) is 14.4 Å². The summed E-state index contributed by atoms with van der Waals surface area (Å²) in [5.74, 6) is -1.65. The Kier molecular flexibility index (Phi) is 5.65. The van der Waals surface area contributed by atoms with E-state index in [1.165, 1.54) is 0 Å². The quantitative estimate of drug-likeness (QED) is 0.272. The molecule has 3 aliphatic rings. The Morgan fingerprint density at radius 3 is 2.33 bits per heavy atom. The Balaban J connectivity index is 1.55. The minimum atomic E-state index is -1.31. The van der Waals surface area contributed by atoms with Crippen molar-refractivity contribution in [2.75, 3.05) is 10.2 Å². The van der Waals surface area contributed by atoms with Crippen molar-refractivity contribution >= 4 is 50.9 Å². The molecule has 1 amide bonds. The molecule has 0 bridgehead atoms. The number of amides is 1. The fourth-order valence-electron chi connectivity index (χ4n) is 6.84. The summed E-state index contributed by atoms with van der Waals surface area (Å²) < 4.78 is 0.843. The van der Waals surface area contributed by atoms with Crippen LogP contribution in [-0.4, -0.2) is 29.6 Å². The Bertz CT molecular complexity index is 1730. The third-order valence-corrected chi connectivity index (χ3v) is 9.06. The van der Waals surface area contributed by atoms with E-state index in [1.807, 2.05) is 90.7 Å². The van der Waals surface area contributed by atoms with Gasteiger partial charge in [0.15, 0.2) is 11.6 Å². The van der Waals surface area contributed by atoms with Crippen LogP contribution < -0.4 is 10.2 Å². The first kappa shape index (κ1) is 24.7. The molecule has 1 fully saturated rings. The van der Waals surface area contributed by atoms with E-state index in [2.05, 4.69) is 27.3 Å². The lowest BCUT2D eigenvalue weighted by molar-refractivity contribution is -0.121. The molecular formula is C34H25BrN2O3. The van der Waals surface area contributed by atoms with E-state index in [0.717, 1.165) is 26.9 Å². The minimum absolute atomic E-state index is 0.183. The van der Waals surface area contributed by atoms with Gasteiger partial charge in [-0.2, -0.15) is 0 Å². The molecule has 3 heterocycles. The van der Waals surface area contributed by atoms with Gasteiger partial charge in [-0.15, -0.1) is 0 Å². The second kappa shape index (κ2) is 9.14. The molecule has 1 spiro atoms. The van der Waals surface area contributed by atoms with Crippen molar-refractivity contribution in [1.29, 1.82) is 0 Å². The van der Waals surface area contributed by atoms with Gasteiger partial charge in [-0.25, -0.2) is 0 Å². The normalized spacial score (nSPS) is 23.9. The number of anilines is 2. The van der Waals surface area contributed by atoms with E-state index >= 15 is 0 Å². The number of rotatable bonds is 4. The summed E-state index contributed by atoms with van der Waals surface area (Å²) in [6.07, 6.45) is 4.02. The highest BCUT2D eigenvalue weighted by Gasteiger charge is 2.70. The number of hydrogen-bond acceptors (Lipinski definition) is 4. The molecule has 0 unspecified atom stereocenters. The van der Waals surface area contributed by atoms with Gasteiger partial charge in [0.25, 0.3) is 0 Å². The summed E-state index contributed by atoms with van der Waals surface area (Å²) in [4.78, 5) is 45.7. The average Bonchev–Trinajstić information content (AvgIpc) is 3.45. The van der Waals surface area contributed by atoms with E-state index in [4.69, 9.17) is 0 Å². The number of aryl methyl sites for hydroxylation is 1. The molecule has 5 nitrogen and oxygen atoms in total. The molecule has 6 heteroatoms. The lowest BCUT2D eigenvalue weighted by Gasteiger charge is -2.37. The summed E-state index contributed by atoms with van der Waals surface area (Å²) >= 11 is 3.46. The maximum absolute atomic E-state index is 14.7. The zero-order valence-electron chi connectivity index (χ0n) is 21.7. The minimum Gasteiger partial charge on any atom is -0.352 e. The summed E-state index contributed by atoms with van der Waals surface area (Å²) in [7, 11) is 0. The highest BCUT2D eigenvalue weighted by molar-refractivity contribution is 9.10. The Labute approximate surface area is 240 Å². The van der Waals surface area contributed by atoms with Gasteiger partial charge in [0.2, 0.25) is 5.91 Å². The van der Waals surface area contributed by atoms with Gasteiger partial charge in [0, 0.05) is 27.0 Å². The predicted molar refractivity (Wildman–Crippen MR) is 160 cm³/mol. The van der Waals surface area contributed by atoms with E-state index in [-0.39, 0.29) is 17.5 Å². The van der Waals surface area contributed by atoms with Crippen molar-refractivity contribution in [3.8, 4) is 0 Å². The average molecular weight is 589 g/mol. The third kappa shape index (κ3) is 3.42. The molecule has 0 saturated carbocycles. The summed E-state index contributed by atoms with van der Waals surface area (Å²) in [5.41, 5.74) is 3.92. The van der Waals surface area contributed by atoms with Crippen molar-refractivity contribution in [1.82, 2.24) is 0 Å². The number of nitrogens with one attached hydrogen (secondary N) is 1. The predicted octanol–water partition coefficient (Wildman–Crippen LogP) is 6.61. The third-order valence-electron chi connectivity index (χ3n) is 8.53. The number of benzene rings is 4. The fourth-order valence-corrected chi connectivity index (χ4v) is 7.11. The number of fused-ring (bicyclic) bond motifs is 6. The van der Waals surface area contributed by atoms with Gasteiger partial charge in [-0.05, 0) is 47.9 Å². The first-order valence-electron chi connectivity index (χ1n) is 13.3. The largest absolute Gasteiger partial charge is 0.352 e. The van der Waals surface area contributed by atoms with Gasteiger partial charge in [0.1, 0.15) is 11.5 Å². The highest BCUT2D eigenvalue weighted by atomic mass is 79.9. The maximum atomic E-state index is 14.7. The molecule has 1 N–H and O–H groups in total. The number of nitrogens with zero attached hydrogens (tertiary/aromatic N) is 1. The van der Waals surface area contributed by atoms with Crippen LogP contribution in [-0.2, 0) is 10.2 Å². The molecule has 4 atom stereocenters. The Morgan fingerprint density at radius 1 is 0.850 bits per heavy atom. The van der Waals surface area contributed by atoms with Crippen molar-refractivity contribution in [2.45, 2.75) is 24.4 Å². The number of ketones is 2. The van der Waals surface area contributed by atoms with Crippen LogP contribution >= 0.6 is 15.9 Å². The zero-order valence-corrected chi connectivity index (χ0v) is 23.3. The zero-order chi connectivity index (χ0) is 27.6. The fraction of sp³-hybridized carbons (Fsp3) is 0.147. The molecule has 40 heavy (non-hydrogen) atoms. The van der Waals surface area contributed by atoms with Gasteiger partial charge in [0.05, 0.1) is 12.0 Å². The molecule has 196 valence electrons. The van der Waals surface area contributed by atoms with Crippen LogP contribution in [0.5, 0.6) is 0 Å². The lowest BCUT2D eigenvalue weighted by atomic mass is 9.64. The number of para-hydroxylation sites is 1. The van der Waals surface area contributed by atoms with Crippen LogP contribution in [0.4, 0.5) is 11.4 Å². The number of Topliss-reactive ketones (excluding diaryl/α,β-unsaturated/α-hetero) is 2. The molecule has 1 saturated heterocycles. The Hall–Kier alpha value is -4.29. The Morgan fingerprint density at radius 2 is 1.55 bits per heavy atom. The van der Waals surface area contributed by atoms with Crippen LogP contribution in [0.15, 0.2) is 108 Å². The van der Waals surface area contributed by atoms with Crippen molar-refractivity contribution < 1.29 is 14.4 Å². The molecule has 0 radical (unpaired) electrons. The smallest absolute Gasteiger partial charge is 0.238 e.